The Kier molecular flexibility index (Phi) is 2.21. The second-order valence-electron chi connectivity index (χ2n) is 3.95. The second-order valence-corrected chi connectivity index (χ2v) is 3.95. The van der Waals surface area contributed by atoms with Gasteiger partial charge in [0.15, 0.2) is 0 Å². The third kappa shape index (κ3) is 1.75. The molecule has 72 valence electrons. The summed E-state index contributed by atoms with van der Waals surface area (Å²) in [7, 11) is 0. The van der Waals surface area contributed by atoms with Crippen molar-refractivity contribution in [2.75, 3.05) is 0 Å². The van der Waals surface area contributed by atoms with Gasteiger partial charge in [0.25, 0.3) is 0 Å². The molecule has 1 fully saturated rings. The summed E-state index contributed by atoms with van der Waals surface area (Å²) in [6, 6.07) is 3.90. The molecule has 1 aromatic carbocycles. The number of hydrogen-bond acceptors (Lipinski definition) is 1. The van der Waals surface area contributed by atoms with Crippen LogP contribution >= 0.6 is 0 Å². The van der Waals surface area contributed by atoms with Crippen molar-refractivity contribution >= 4 is 0 Å². The number of aryl methyl sites for hydroxylation is 1. The zero-order valence-corrected chi connectivity index (χ0v) is 8.59. The van der Waals surface area contributed by atoms with Gasteiger partial charge in [-0.15, -0.1) is 0 Å². The maximum absolute atomic E-state index is 9.70. The number of phenolic OH excluding ortho intramolecular Hbond substituents is 1. The van der Waals surface area contributed by atoms with Gasteiger partial charge in [0.1, 0.15) is 5.75 Å². The van der Waals surface area contributed by atoms with Gasteiger partial charge in [0.05, 0.1) is 0 Å². The first-order valence-corrected chi connectivity index (χ1v) is 4.99. The minimum absolute atomic E-state index is 0.382. The van der Waals surface area contributed by atoms with Gasteiger partial charge in [-0.25, -0.2) is 0 Å². The number of aromatic hydroxyl groups is 1. The molecule has 1 saturated carbocycles. The van der Waals surface area contributed by atoms with E-state index in [1.165, 1.54) is 12.8 Å². The fourth-order valence-electron chi connectivity index (χ4n) is 1.38. The van der Waals surface area contributed by atoms with Crippen molar-refractivity contribution in [2.24, 2.45) is 5.92 Å². The first-order valence-electron chi connectivity index (χ1n) is 4.99. The Balaban J connectivity index is 2.35. The Labute approximate surface area is 84.8 Å². The molecule has 0 amide bonds. The molecule has 0 unspecified atom stereocenters. The van der Waals surface area contributed by atoms with E-state index >= 15 is 0 Å². The minimum Gasteiger partial charge on any atom is -0.507 e. The van der Waals surface area contributed by atoms with Gasteiger partial charge in [-0.3, -0.25) is 0 Å². The lowest BCUT2D eigenvalue weighted by atomic mass is 10.0. The molecule has 1 aromatic rings. The quantitative estimate of drug-likeness (QED) is 0.618. The molecule has 1 aliphatic carbocycles. The van der Waals surface area contributed by atoms with Crippen LogP contribution in [0.1, 0.15) is 29.5 Å². The molecule has 0 radical (unpaired) electrons. The molecule has 0 aromatic heterocycles. The van der Waals surface area contributed by atoms with Gasteiger partial charge in [-0.05, 0) is 38.3 Å². The summed E-state index contributed by atoms with van der Waals surface area (Å²) in [6.07, 6.45) is 2.48. The Morgan fingerprint density at radius 3 is 2.64 bits per heavy atom. The van der Waals surface area contributed by atoms with Crippen LogP contribution < -0.4 is 0 Å². The zero-order valence-electron chi connectivity index (χ0n) is 8.59. The highest BCUT2D eigenvalue weighted by Crippen LogP contribution is 2.28. The number of rotatable bonds is 0. The number of phenols is 1. The summed E-state index contributed by atoms with van der Waals surface area (Å²) in [5, 5.41) is 9.70. The molecule has 1 N–H and O–H groups in total. The SMILES string of the molecule is Cc1ccc(C#CC2CC2)c(C)c1O. The van der Waals surface area contributed by atoms with E-state index in [4.69, 9.17) is 0 Å². The van der Waals surface area contributed by atoms with Gasteiger partial charge in [0.2, 0.25) is 0 Å². The Morgan fingerprint density at radius 2 is 2.00 bits per heavy atom. The smallest absolute Gasteiger partial charge is 0.122 e. The molecule has 2 rings (SSSR count). The zero-order chi connectivity index (χ0) is 10.1. The third-order valence-corrected chi connectivity index (χ3v) is 2.62. The maximum atomic E-state index is 9.70. The van der Waals surface area contributed by atoms with Crippen LogP contribution in [0.25, 0.3) is 0 Å². The maximum Gasteiger partial charge on any atom is 0.122 e. The predicted octanol–water partition coefficient (Wildman–Crippen LogP) is 2.77. The summed E-state index contributed by atoms with van der Waals surface area (Å²) in [6.45, 7) is 3.82. The Morgan fingerprint density at radius 1 is 1.29 bits per heavy atom. The van der Waals surface area contributed by atoms with Crippen LogP contribution in [0.15, 0.2) is 12.1 Å². The molecule has 0 saturated heterocycles. The third-order valence-electron chi connectivity index (χ3n) is 2.62. The highest BCUT2D eigenvalue weighted by Gasteiger charge is 2.17. The predicted molar refractivity (Wildman–Crippen MR) is 57.2 cm³/mol. The van der Waals surface area contributed by atoms with Crippen LogP contribution in [0.5, 0.6) is 5.75 Å². The minimum atomic E-state index is 0.382. The fourth-order valence-corrected chi connectivity index (χ4v) is 1.38. The number of benzene rings is 1. The van der Waals surface area contributed by atoms with Crippen molar-refractivity contribution in [1.82, 2.24) is 0 Å². The van der Waals surface area contributed by atoms with Crippen LogP contribution in [-0.4, -0.2) is 5.11 Å². The lowest BCUT2D eigenvalue weighted by Gasteiger charge is -2.04. The molecular formula is C13H14O. The van der Waals surface area contributed by atoms with Crippen LogP contribution in [-0.2, 0) is 0 Å². The van der Waals surface area contributed by atoms with Crippen molar-refractivity contribution in [1.29, 1.82) is 0 Å². The van der Waals surface area contributed by atoms with Crippen molar-refractivity contribution < 1.29 is 5.11 Å². The van der Waals surface area contributed by atoms with Gasteiger partial charge in [-0.1, -0.05) is 17.9 Å². The normalized spacial score (nSPS) is 14.7. The number of hydrogen-bond donors (Lipinski definition) is 1. The van der Waals surface area contributed by atoms with Crippen molar-refractivity contribution in [3.05, 3.63) is 28.8 Å². The van der Waals surface area contributed by atoms with E-state index < -0.39 is 0 Å². The van der Waals surface area contributed by atoms with Crippen LogP contribution in [0.4, 0.5) is 0 Å². The van der Waals surface area contributed by atoms with E-state index in [2.05, 4.69) is 11.8 Å². The highest BCUT2D eigenvalue weighted by molar-refractivity contribution is 5.51. The summed E-state index contributed by atoms with van der Waals surface area (Å²) < 4.78 is 0. The van der Waals surface area contributed by atoms with Gasteiger partial charge in [-0.2, -0.15) is 0 Å². The van der Waals surface area contributed by atoms with E-state index in [0.717, 1.165) is 16.7 Å². The topological polar surface area (TPSA) is 20.2 Å². The summed E-state index contributed by atoms with van der Waals surface area (Å²) >= 11 is 0. The summed E-state index contributed by atoms with van der Waals surface area (Å²) in [5.41, 5.74) is 2.78. The average Bonchev–Trinajstić information content (AvgIpc) is 2.97. The molecular weight excluding hydrogens is 172 g/mol. The Bertz CT molecular complexity index is 417. The summed E-state index contributed by atoms with van der Waals surface area (Å²) in [4.78, 5) is 0. The molecule has 0 aliphatic heterocycles. The van der Waals surface area contributed by atoms with Gasteiger partial charge < -0.3 is 5.11 Å². The molecule has 0 spiro atoms. The van der Waals surface area contributed by atoms with Gasteiger partial charge in [0, 0.05) is 17.0 Å². The lowest BCUT2D eigenvalue weighted by molar-refractivity contribution is 0.466. The van der Waals surface area contributed by atoms with E-state index in [0.29, 0.717) is 11.7 Å². The summed E-state index contributed by atoms with van der Waals surface area (Å²) in [5.74, 6) is 7.32. The monoisotopic (exact) mass is 186 g/mol. The molecule has 1 heteroatoms. The first kappa shape index (κ1) is 9.15. The largest absolute Gasteiger partial charge is 0.507 e. The van der Waals surface area contributed by atoms with E-state index in [-0.39, 0.29) is 0 Å². The van der Waals surface area contributed by atoms with Crippen molar-refractivity contribution in [2.45, 2.75) is 26.7 Å². The molecule has 1 aliphatic rings. The fraction of sp³-hybridized carbons (Fsp3) is 0.385. The Hall–Kier alpha value is -1.42. The first-order chi connectivity index (χ1) is 6.68. The molecule has 1 nitrogen and oxygen atoms in total. The average molecular weight is 186 g/mol. The second kappa shape index (κ2) is 3.38. The standard InChI is InChI=1S/C13H14O/c1-9-3-7-12(10(2)13(9)14)8-6-11-4-5-11/h3,7,11,14H,4-5H2,1-2H3. The molecule has 0 heterocycles. The van der Waals surface area contributed by atoms with E-state index in [1.54, 1.807) is 0 Å². The van der Waals surface area contributed by atoms with E-state index in [9.17, 15) is 5.11 Å². The molecule has 0 atom stereocenters. The lowest BCUT2D eigenvalue weighted by Crippen LogP contribution is -1.86. The van der Waals surface area contributed by atoms with Crippen LogP contribution in [0, 0.1) is 31.6 Å². The van der Waals surface area contributed by atoms with Crippen LogP contribution in [0.3, 0.4) is 0 Å². The van der Waals surface area contributed by atoms with Crippen LogP contribution in [0.2, 0.25) is 0 Å². The van der Waals surface area contributed by atoms with Crippen molar-refractivity contribution in [3.63, 3.8) is 0 Å². The van der Waals surface area contributed by atoms with E-state index in [1.807, 2.05) is 26.0 Å². The van der Waals surface area contributed by atoms with Crippen molar-refractivity contribution in [3.8, 4) is 17.6 Å². The molecule has 0 bridgehead atoms. The molecule has 14 heavy (non-hydrogen) atoms. The van der Waals surface area contributed by atoms with Gasteiger partial charge >= 0.3 is 0 Å². The highest BCUT2D eigenvalue weighted by atomic mass is 16.3.